The maximum atomic E-state index is 13.5. The van der Waals surface area contributed by atoms with Crippen LogP contribution in [0.5, 0.6) is 11.5 Å². The van der Waals surface area contributed by atoms with Gasteiger partial charge in [0.15, 0.2) is 23.3 Å². The smallest absolute Gasteiger partial charge is 0.185 e. The Morgan fingerprint density at radius 2 is 1.33 bits per heavy atom. The molecule has 0 aliphatic carbocycles. The number of anilines is 1. The van der Waals surface area contributed by atoms with Gasteiger partial charge in [-0.25, -0.2) is 17.6 Å². The van der Waals surface area contributed by atoms with Gasteiger partial charge in [0.25, 0.3) is 0 Å². The van der Waals surface area contributed by atoms with E-state index in [9.17, 15) is 27.8 Å². The Kier molecular flexibility index (Phi) is 3.93. The van der Waals surface area contributed by atoms with E-state index in [4.69, 9.17) is 0 Å². The van der Waals surface area contributed by atoms with Gasteiger partial charge in [-0.2, -0.15) is 0 Å². The second kappa shape index (κ2) is 5.51. The van der Waals surface area contributed by atoms with Crippen LogP contribution in [0.25, 0.3) is 0 Å². The summed E-state index contributed by atoms with van der Waals surface area (Å²) in [5.74, 6) is -6.67. The molecule has 0 heterocycles. The second-order valence-corrected chi connectivity index (χ2v) is 4.49. The van der Waals surface area contributed by atoms with Crippen LogP contribution < -0.4 is 5.32 Å². The summed E-state index contributed by atoms with van der Waals surface area (Å²) < 4.78 is 53.3. The second-order valence-electron chi connectivity index (χ2n) is 4.49. The molecule has 2 aromatic carbocycles. The van der Waals surface area contributed by atoms with Gasteiger partial charge in [0.05, 0.1) is 0 Å². The van der Waals surface area contributed by atoms with E-state index in [1.165, 1.54) is 19.1 Å². The largest absolute Gasteiger partial charge is 0.508 e. The summed E-state index contributed by atoms with van der Waals surface area (Å²) in [6.07, 6.45) is 0. The van der Waals surface area contributed by atoms with E-state index in [1.54, 1.807) is 0 Å². The molecule has 0 radical (unpaired) electrons. The first kappa shape index (κ1) is 15.0. The molecule has 0 aromatic heterocycles. The van der Waals surface area contributed by atoms with Gasteiger partial charge in [-0.05, 0) is 24.6 Å². The van der Waals surface area contributed by atoms with Crippen LogP contribution in [0.1, 0.15) is 18.5 Å². The minimum Gasteiger partial charge on any atom is -0.508 e. The van der Waals surface area contributed by atoms with Gasteiger partial charge in [-0.3, -0.25) is 0 Å². The third-order valence-corrected chi connectivity index (χ3v) is 2.90. The Labute approximate surface area is 117 Å². The van der Waals surface area contributed by atoms with E-state index >= 15 is 0 Å². The molecule has 1 unspecified atom stereocenters. The standard InChI is InChI=1S/C14H11F4NO2/c1-6(7-2-8(20)4-9(21)3-7)19-14-12(17)10(15)5-11(16)13(14)18/h2-6,19-21H,1H3. The summed E-state index contributed by atoms with van der Waals surface area (Å²) in [6, 6.07) is 2.83. The molecular weight excluding hydrogens is 290 g/mol. The van der Waals surface area contributed by atoms with Crippen molar-refractivity contribution in [3.8, 4) is 11.5 Å². The molecule has 0 aliphatic heterocycles. The highest BCUT2D eigenvalue weighted by Gasteiger charge is 2.21. The van der Waals surface area contributed by atoms with Crippen LogP contribution in [0.2, 0.25) is 0 Å². The first-order valence-corrected chi connectivity index (χ1v) is 5.92. The van der Waals surface area contributed by atoms with Crippen molar-refractivity contribution < 1.29 is 27.8 Å². The van der Waals surface area contributed by atoms with Crippen molar-refractivity contribution in [1.29, 1.82) is 0 Å². The third kappa shape index (κ3) is 3.01. The number of benzene rings is 2. The van der Waals surface area contributed by atoms with Gasteiger partial charge >= 0.3 is 0 Å². The molecule has 2 rings (SSSR count). The summed E-state index contributed by atoms with van der Waals surface area (Å²) in [7, 11) is 0. The van der Waals surface area contributed by atoms with Crippen LogP contribution in [-0.2, 0) is 0 Å². The fourth-order valence-corrected chi connectivity index (χ4v) is 1.87. The number of hydrogen-bond donors (Lipinski definition) is 3. The van der Waals surface area contributed by atoms with E-state index in [2.05, 4.69) is 5.32 Å². The molecule has 7 heteroatoms. The Balaban J connectivity index is 2.38. The Morgan fingerprint density at radius 1 is 0.857 bits per heavy atom. The van der Waals surface area contributed by atoms with Crippen LogP contribution in [-0.4, -0.2) is 10.2 Å². The SMILES string of the molecule is CC(Nc1c(F)c(F)cc(F)c1F)c1cc(O)cc(O)c1. The summed E-state index contributed by atoms with van der Waals surface area (Å²) in [4.78, 5) is 0. The molecule has 0 saturated heterocycles. The van der Waals surface area contributed by atoms with Crippen molar-refractivity contribution in [2.75, 3.05) is 5.32 Å². The average molecular weight is 301 g/mol. The highest BCUT2D eigenvalue weighted by Crippen LogP contribution is 2.30. The van der Waals surface area contributed by atoms with Gasteiger partial charge in [-0.15, -0.1) is 0 Å². The van der Waals surface area contributed by atoms with Crippen LogP contribution >= 0.6 is 0 Å². The van der Waals surface area contributed by atoms with E-state index in [0.29, 0.717) is 0 Å². The molecule has 2 aromatic rings. The zero-order chi connectivity index (χ0) is 15.7. The number of rotatable bonds is 3. The number of phenolic OH excluding ortho intramolecular Hbond substituents is 2. The maximum Gasteiger partial charge on any atom is 0.185 e. The van der Waals surface area contributed by atoms with Crippen LogP contribution in [0, 0.1) is 23.3 Å². The van der Waals surface area contributed by atoms with Gasteiger partial charge in [0, 0.05) is 18.2 Å². The fraction of sp³-hybridized carbons (Fsp3) is 0.143. The topological polar surface area (TPSA) is 52.5 Å². The summed E-state index contributed by atoms with van der Waals surface area (Å²) in [5.41, 5.74) is -0.682. The van der Waals surface area contributed by atoms with Crippen molar-refractivity contribution in [2.24, 2.45) is 0 Å². The monoisotopic (exact) mass is 301 g/mol. The molecule has 3 N–H and O–H groups in total. The van der Waals surface area contributed by atoms with E-state index in [0.717, 1.165) is 6.07 Å². The van der Waals surface area contributed by atoms with Crippen molar-refractivity contribution in [1.82, 2.24) is 0 Å². The zero-order valence-electron chi connectivity index (χ0n) is 10.8. The first-order valence-electron chi connectivity index (χ1n) is 5.92. The number of hydrogen-bond acceptors (Lipinski definition) is 3. The lowest BCUT2D eigenvalue weighted by Gasteiger charge is -2.17. The summed E-state index contributed by atoms with van der Waals surface area (Å²) in [6.45, 7) is 1.44. The normalized spacial score (nSPS) is 12.2. The van der Waals surface area contributed by atoms with Gasteiger partial charge in [0.2, 0.25) is 0 Å². The Bertz CT molecular complexity index is 645. The predicted octanol–water partition coefficient (Wildman–Crippen LogP) is 3.83. The number of phenols is 2. The number of nitrogens with one attached hydrogen (secondary N) is 1. The first-order chi connectivity index (χ1) is 9.79. The molecule has 0 fully saturated rings. The van der Waals surface area contributed by atoms with E-state index < -0.39 is 35.0 Å². The van der Waals surface area contributed by atoms with E-state index in [-0.39, 0.29) is 23.1 Å². The van der Waals surface area contributed by atoms with Gasteiger partial charge in [0.1, 0.15) is 17.2 Å². The quantitative estimate of drug-likeness (QED) is 0.596. The lowest BCUT2D eigenvalue weighted by atomic mass is 10.1. The average Bonchev–Trinajstić information content (AvgIpc) is 2.40. The maximum absolute atomic E-state index is 13.5. The predicted molar refractivity (Wildman–Crippen MR) is 68.1 cm³/mol. The van der Waals surface area contributed by atoms with Crippen molar-refractivity contribution in [2.45, 2.75) is 13.0 Å². The van der Waals surface area contributed by atoms with Gasteiger partial charge in [-0.1, -0.05) is 0 Å². The van der Waals surface area contributed by atoms with Crippen LogP contribution in [0.15, 0.2) is 24.3 Å². The number of halogens is 4. The summed E-state index contributed by atoms with van der Waals surface area (Å²) >= 11 is 0. The highest BCUT2D eigenvalue weighted by molar-refractivity contribution is 5.50. The van der Waals surface area contributed by atoms with E-state index in [1.807, 2.05) is 0 Å². The minimum atomic E-state index is -1.55. The Morgan fingerprint density at radius 3 is 1.81 bits per heavy atom. The molecule has 3 nitrogen and oxygen atoms in total. The minimum absolute atomic E-state index is 0.112. The molecule has 0 bridgehead atoms. The third-order valence-electron chi connectivity index (χ3n) is 2.90. The van der Waals surface area contributed by atoms with Gasteiger partial charge < -0.3 is 15.5 Å². The molecular formula is C14H11F4NO2. The van der Waals surface area contributed by atoms with Crippen molar-refractivity contribution in [3.63, 3.8) is 0 Å². The van der Waals surface area contributed by atoms with Crippen LogP contribution in [0.4, 0.5) is 23.2 Å². The molecule has 0 amide bonds. The summed E-state index contributed by atoms with van der Waals surface area (Å²) in [5, 5.41) is 21.0. The van der Waals surface area contributed by atoms with Crippen molar-refractivity contribution in [3.05, 3.63) is 53.1 Å². The molecule has 112 valence electrons. The lowest BCUT2D eigenvalue weighted by molar-refractivity contribution is 0.448. The number of aromatic hydroxyl groups is 2. The molecule has 1 atom stereocenters. The lowest BCUT2D eigenvalue weighted by Crippen LogP contribution is -2.11. The fourth-order valence-electron chi connectivity index (χ4n) is 1.87. The van der Waals surface area contributed by atoms with Crippen LogP contribution in [0.3, 0.4) is 0 Å². The van der Waals surface area contributed by atoms with Crippen molar-refractivity contribution >= 4 is 5.69 Å². The Hall–Kier alpha value is -2.44. The molecule has 21 heavy (non-hydrogen) atoms. The molecule has 0 aliphatic rings. The highest BCUT2D eigenvalue weighted by atomic mass is 19.2. The molecule has 0 spiro atoms. The molecule has 0 saturated carbocycles. The zero-order valence-corrected chi connectivity index (χ0v) is 10.8.